The Morgan fingerprint density at radius 1 is 1.19 bits per heavy atom. The molecule has 0 radical (unpaired) electrons. The van der Waals surface area contributed by atoms with Crippen LogP contribution in [0.4, 0.5) is 5.69 Å². The minimum absolute atomic E-state index is 0.00982. The van der Waals surface area contributed by atoms with Gasteiger partial charge in [-0.05, 0) is 31.2 Å². The first-order valence-electron chi connectivity index (χ1n) is 9.05. The van der Waals surface area contributed by atoms with E-state index >= 15 is 0 Å². The van der Waals surface area contributed by atoms with Crippen molar-refractivity contribution < 1.29 is 4.79 Å². The third-order valence-electron chi connectivity index (χ3n) is 5.05. The van der Waals surface area contributed by atoms with Gasteiger partial charge in [-0.1, -0.05) is 12.1 Å². The second-order valence-electron chi connectivity index (χ2n) is 6.82. The van der Waals surface area contributed by atoms with E-state index in [2.05, 4.69) is 27.8 Å². The molecule has 0 atom stereocenters. The predicted molar refractivity (Wildman–Crippen MR) is 108 cm³/mol. The molecule has 3 N–H and O–H groups in total. The smallest absolute Gasteiger partial charge is 0.205 e. The lowest BCUT2D eigenvalue weighted by molar-refractivity contribution is 0.104. The highest BCUT2D eigenvalue weighted by Crippen LogP contribution is 2.31. The molecule has 1 aromatic carbocycles. The number of para-hydroxylation sites is 1. The molecule has 5 nitrogen and oxygen atoms in total. The van der Waals surface area contributed by atoms with Gasteiger partial charge in [-0.15, -0.1) is 11.3 Å². The highest BCUT2D eigenvalue weighted by Gasteiger charge is 2.18. The van der Waals surface area contributed by atoms with Crippen molar-refractivity contribution in [1.29, 1.82) is 0 Å². The zero-order chi connectivity index (χ0) is 18.1. The van der Waals surface area contributed by atoms with E-state index in [4.69, 9.17) is 5.73 Å². The third kappa shape index (κ3) is 3.28. The van der Waals surface area contributed by atoms with Gasteiger partial charge in [0.05, 0.1) is 4.88 Å². The van der Waals surface area contributed by atoms with Crippen molar-refractivity contribution >= 4 is 33.0 Å². The fourth-order valence-corrected chi connectivity index (χ4v) is 4.75. The fourth-order valence-electron chi connectivity index (χ4n) is 3.58. The lowest BCUT2D eigenvalue weighted by atomic mass is 10.1. The van der Waals surface area contributed by atoms with E-state index in [-0.39, 0.29) is 5.78 Å². The molecule has 2 aromatic heterocycles. The summed E-state index contributed by atoms with van der Waals surface area (Å²) in [5.74, 6) is 0.00982. The van der Waals surface area contributed by atoms with E-state index in [1.807, 2.05) is 18.2 Å². The van der Waals surface area contributed by atoms with Crippen LogP contribution in [0.3, 0.4) is 0 Å². The summed E-state index contributed by atoms with van der Waals surface area (Å²) in [6.07, 6.45) is 0. The van der Waals surface area contributed by atoms with E-state index in [0.717, 1.165) is 49.5 Å². The van der Waals surface area contributed by atoms with E-state index < -0.39 is 0 Å². The number of piperazine rings is 1. The molecule has 6 heteroatoms. The number of hydrogen-bond donors (Lipinski definition) is 2. The van der Waals surface area contributed by atoms with E-state index in [1.54, 1.807) is 23.5 Å². The Labute approximate surface area is 157 Å². The van der Waals surface area contributed by atoms with E-state index in [1.165, 1.54) is 10.5 Å². The normalized spacial score (nSPS) is 15.6. The van der Waals surface area contributed by atoms with Crippen LogP contribution >= 0.6 is 11.3 Å². The molecule has 136 valence electrons. The first kappa shape index (κ1) is 17.3. The van der Waals surface area contributed by atoms with Crippen LogP contribution in [0, 0.1) is 6.92 Å². The average molecular weight is 369 g/mol. The van der Waals surface area contributed by atoms with Crippen LogP contribution in [0.15, 0.2) is 36.4 Å². The van der Waals surface area contributed by atoms with Crippen molar-refractivity contribution in [3.63, 3.8) is 0 Å². The minimum Gasteiger partial charge on any atom is -0.398 e. The predicted octanol–water partition coefficient (Wildman–Crippen LogP) is 2.73. The van der Waals surface area contributed by atoms with Crippen molar-refractivity contribution in [1.82, 2.24) is 14.8 Å². The maximum absolute atomic E-state index is 12.8. The number of benzene rings is 1. The molecule has 3 heterocycles. The maximum Gasteiger partial charge on any atom is 0.205 e. The van der Waals surface area contributed by atoms with Gasteiger partial charge in [0, 0.05) is 61.6 Å². The highest BCUT2D eigenvalue weighted by molar-refractivity contribution is 7.20. The number of thiophene rings is 1. The summed E-state index contributed by atoms with van der Waals surface area (Å²) >= 11 is 1.57. The Morgan fingerprint density at radius 2 is 1.96 bits per heavy atom. The zero-order valence-electron chi connectivity index (χ0n) is 15.0. The molecule has 3 aromatic rings. The largest absolute Gasteiger partial charge is 0.398 e. The Balaban J connectivity index is 1.58. The number of hydrogen-bond acceptors (Lipinski definition) is 5. The first-order valence-corrected chi connectivity index (χ1v) is 9.87. The molecule has 0 saturated carbocycles. The highest BCUT2D eigenvalue weighted by atomic mass is 32.1. The van der Waals surface area contributed by atoms with Crippen LogP contribution in [-0.2, 0) is 6.54 Å². The number of carbonyl (C=O) groups excluding carboxylic acids is 1. The Kier molecular flexibility index (Phi) is 4.80. The molecular weight excluding hydrogens is 344 g/mol. The molecule has 4 rings (SSSR count). The Hall–Kier alpha value is -2.15. The number of nitrogens with two attached hydrogens (primary N) is 1. The molecule has 1 saturated heterocycles. The molecule has 1 aliphatic rings. The topological polar surface area (TPSA) is 63.3 Å². The summed E-state index contributed by atoms with van der Waals surface area (Å²) in [6.45, 7) is 8.47. The van der Waals surface area contributed by atoms with Crippen molar-refractivity contribution in [3.05, 3.63) is 52.5 Å². The molecule has 0 amide bonds. The number of nitrogens with one attached hydrogen (secondary N) is 1. The number of nitrogen functional groups attached to an aromatic ring is 1. The van der Waals surface area contributed by atoms with Gasteiger partial charge in [0.2, 0.25) is 5.78 Å². The molecule has 0 spiro atoms. The Bertz CT molecular complexity index is 937. The Morgan fingerprint density at radius 3 is 2.73 bits per heavy atom. The van der Waals surface area contributed by atoms with Crippen LogP contribution in [0.2, 0.25) is 0 Å². The van der Waals surface area contributed by atoms with E-state index in [9.17, 15) is 4.79 Å². The average Bonchev–Trinajstić information content (AvgIpc) is 3.18. The SMILES string of the molecule is Cc1cc2cc(C(=O)c3ccccc3N)sc2n1CCN1CCNCC1. The zero-order valence-corrected chi connectivity index (χ0v) is 15.8. The van der Waals surface area contributed by atoms with E-state index in [0.29, 0.717) is 11.3 Å². The first-order chi connectivity index (χ1) is 12.6. The quantitative estimate of drug-likeness (QED) is 0.537. The lowest BCUT2D eigenvalue weighted by Gasteiger charge is -2.27. The van der Waals surface area contributed by atoms with Crippen LogP contribution in [-0.4, -0.2) is 48.0 Å². The summed E-state index contributed by atoms with van der Waals surface area (Å²) in [5, 5.41) is 4.53. The van der Waals surface area contributed by atoms with Gasteiger partial charge < -0.3 is 15.6 Å². The number of ketones is 1. The van der Waals surface area contributed by atoms with Gasteiger partial charge in [0.1, 0.15) is 4.83 Å². The number of rotatable bonds is 5. The fraction of sp³-hybridized carbons (Fsp3) is 0.350. The molecular formula is C20H24N4OS. The van der Waals surface area contributed by atoms with Crippen molar-refractivity contribution in [3.8, 4) is 0 Å². The minimum atomic E-state index is 0.00982. The van der Waals surface area contributed by atoms with Gasteiger partial charge in [0.15, 0.2) is 0 Å². The van der Waals surface area contributed by atoms with Crippen molar-refractivity contribution in [2.75, 3.05) is 38.5 Å². The van der Waals surface area contributed by atoms with Gasteiger partial charge >= 0.3 is 0 Å². The monoisotopic (exact) mass is 368 g/mol. The second-order valence-corrected chi connectivity index (χ2v) is 7.85. The summed E-state index contributed by atoms with van der Waals surface area (Å²) < 4.78 is 2.34. The van der Waals surface area contributed by atoms with Crippen LogP contribution in [0.25, 0.3) is 10.2 Å². The second kappa shape index (κ2) is 7.23. The van der Waals surface area contributed by atoms with Gasteiger partial charge in [-0.2, -0.15) is 0 Å². The van der Waals surface area contributed by atoms with Gasteiger partial charge in [-0.3, -0.25) is 9.69 Å². The number of aryl methyl sites for hydroxylation is 1. The molecule has 1 fully saturated rings. The molecule has 26 heavy (non-hydrogen) atoms. The van der Waals surface area contributed by atoms with Crippen molar-refractivity contribution in [2.24, 2.45) is 0 Å². The summed E-state index contributed by atoms with van der Waals surface area (Å²) in [5.41, 5.74) is 8.35. The lowest BCUT2D eigenvalue weighted by Crippen LogP contribution is -2.44. The maximum atomic E-state index is 12.8. The summed E-state index contributed by atoms with van der Waals surface area (Å²) in [4.78, 5) is 17.3. The number of carbonyl (C=O) groups is 1. The van der Waals surface area contributed by atoms with Crippen molar-refractivity contribution in [2.45, 2.75) is 13.5 Å². The van der Waals surface area contributed by atoms with Gasteiger partial charge in [-0.25, -0.2) is 0 Å². The summed E-state index contributed by atoms with van der Waals surface area (Å²) in [7, 11) is 0. The number of fused-ring (bicyclic) bond motifs is 1. The number of anilines is 1. The van der Waals surface area contributed by atoms with Crippen LogP contribution in [0.5, 0.6) is 0 Å². The van der Waals surface area contributed by atoms with Crippen LogP contribution in [0.1, 0.15) is 20.9 Å². The molecule has 0 bridgehead atoms. The third-order valence-corrected chi connectivity index (χ3v) is 6.23. The summed E-state index contributed by atoms with van der Waals surface area (Å²) in [6, 6.07) is 11.5. The van der Waals surface area contributed by atoms with Crippen LogP contribution < -0.4 is 11.1 Å². The molecule has 0 aliphatic carbocycles. The van der Waals surface area contributed by atoms with Gasteiger partial charge in [0.25, 0.3) is 0 Å². The number of aromatic nitrogens is 1. The molecule has 0 unspecified atom stereocenters. The molecule has 1 aliphatic heterocycles. The number of nitrogens with zero attached hydrogens (tertiary/aromatic N) is 2. The standard InChI is InChI=1S/C20H24N4OS/c1-14-12-15-13-18(19(25)16-4-2-3-5-17(16)21)26-20(15)24(14)11-10-23-8-6-22-7-9-23/h2-5,12-13,22H,6-11,21H2,1H3.